The molecule has 0 aromatic carbocycles. The van der Waals surface area contributed by atoms with E-state index in [1.54, 1.807) is 0 Å². The number of phosphoric acid groups is 1. The molecule has 0 aromatic rings. The van der Waals surface area contributed by atoms with Crippen LogP contribution in [0, 0.1) is 0 Å². The van der Waals surface area contributed by atoms with Crippen LogP contribution in [0.15, 0.2) is 97.2 Å². The van der Waals surface area contributed by atoms with Crippen LogP contribution in [0.3, 0.4) is 0 Å². The number of nitrogens with zero attached hydrogens (tertiary/aromatic N) is 1. The van der Waals surface area contributed by atoms with Gasteiger partial charge in [0.2, 0.25) is 5.91 Å². The SMILES string of the molecule is CC/C=C\C/C=C\C/C=C\C/C=C\C/C=C\C/C=C\CCCCC(=O)NC(COP(=O)([O-])OCC[N+](C)(C)C)C(/C=C\CCCCCCCCCCCC)OC(=O)CCCCCCCCC/C=C/CCCCCCCC. The molecule has 3 atom stereocenters. The summed E-state index contributed by atoms with van der Waals surface area (Å²) in [4.78, 5) is 40.0. The smallest absolute Gasteiger partial charge is 0.306 e. The Morgan fingerprint density at radius 2 is 0.842 bits per heavy atom. The summed E-state index contributed by atoms with van der Waals surface area (Å²) in [5, 5.41) is 3.00. The second kappa shape index (κ2) is 55.3. The Hall–Kier alpha value is -3.07. The monoisotopic (exact) mass is 1080 g/mol. The number of nitrogens with one attached hydrogen (secondary N) is 1. The van der Waals surface area contributed by atoms with E-state index in [0.717, 1.165) is 103 Å². The summed E-state index contributed by atoms with van der Waals surface area (Å²) < 4.78 is 30.3. The van der Waals surface area contributed by atoms with Crippen LogP contribution in [0.4, 0.5) is 0 Å². The average Bonchev–Trinajstić information content (AvgIpc) is 3.38. The Bertz CT molecular complexity index is 1620. The fourth-order valence-electron chi connectivity index (χ4n) is 8.46. The standard InChI is InChI=1S/C66H117N2O7P/c1-7-10-13-16-19-22-25-28-30-32-33-34-35-37-38-40-43-46-49-52-55-58-65(69)67-63(62-74-76(71,72)73-61-60-68(4,5)6)64(57-54-51-48-45-42-27-24-21-18-15-12-9-3)75-66(70)59-56-53-50-47-44-41-39-36-31-29-26-23-20-17-14-11-8-2/h10,13,19,22,28-31,33-34,37-38,43,46,54,57,63-64H,7-9,11-12,14-18,20-21,23-27,32,35-36,39-42,44-45,47-53,55-56,58-62H2,1-6H3,(H-,67,69,71,72)/b13-10-,22-19-,30-28-,31-29+,34-33-,38-37-,46-43-,57-54-. The van der Waals surface area contributed by atoms with Crippen LogP contribution >= 0.6 is 7.82 Å². The average molecular weight is 1080 g/mol. The molecule has 9 nitrogen and oxygen atoms in total. The number of esters is 1. The molecule has 0 spiro atoms. The van der Waals surface area contributed by atoms with Crippen molar-refractivity contribution in [1.29, 1.82) is 0 Å². The van der Waals surface area contributed by atoms with Gasteiger partial charge in [0.1, 0.15) is 19.3 Å². The van der Waals surface area contributed by atoms with Crippen molar-refractivity contribution in [2.45, 2.75) is 270 Å². The molecular formula is C66H117N2O7P. The van der Waals surface area contributed by atoms with E-state index in [2.05, 4.69) is 111 Å². The zero-order chi connectivity index (χ0) is 55.7. The van der Waals surface area contributed by atoms with E-state index in [1.165, 1.54) is 116 Å². The minimum Gasteiger partial charge on any atom is -0.756 e. The predicted octanol–water partition coefficient (Wildman–Crippen LogP) is 18.5. The van der Waals surface area contributed by atoms with Gasteiger partial charge in [0, 0.05) is 12.8 Å². The van der Waals surface area contributed by atoms with Crippen molar-refractivity contribution in [2.24, 2.45) is 0 Å². The fourth-order valence-corrected chi connectivity index (χ4v) is 9.18. The van der Waals surface area contributed by atoms with Gasteiger partial charge in [-0.2, -0.15) is 0 Å². The Kier molecular flexibility index (Phi) is 53.0. The number of amides is 1. The van der Waals surface area contributed by atoms with Gasteiger partial charge in [-0.05, 0) is 109 Å². The number of rotatable bonds is 55. The van der Waals surface area contributed by atoms with Crippen molar-refractivity contribution in [3.05, 3.63) is 97.2 Å². The Morgan fingerprint density at radius 3 is 1.29 bits per heavy atom. The third-order valence-electron chi connectivity index (χ3n) is 13.2. The topological polar surface area (TPSA) is 114 Å². The highest BCUT2D eigenvalue weighted by Crippen LogP contribution is 2.38. The van der Waals surface area contributed by atoms with Crippen LogP contribution in [0.5, 0.6) is 0 Å². The number of likely N-dealkylation sites (N-methyl/N-ethyl adjacent to an activating group) is 1. The van der Waals surface area contributed by atoms with Crippen LogP contribution in [0.1, 0.15) is 258 Å². The molecule has 0 radical (unpaired) electrons. The summed E-state index contributed by atoms with van der Waals surface area (Å²) >= 11 is 0. The lowest BCUT2D eigenvalue weighted by molar-refractivity contribution is -0.870. The highest BCUT2D eigenvalue weighted by Gasteiger charge is 2.27. The molecule has 0 aromatic heterocycles. The van der Waals surface area contributed by atoms with E-state index < -0.39 is 26.6 Å². The zero-order valence-corrected chi connectivity index (χ0v) is 50.8. The highest BCUT2D eigenvalue weighted by molar-refractivity contribution is 7.45. The summed E-state index contributed by atoms with van der Waals surface area (Å²) in [6, 6.07) is -0.918. The van der Waals surface area contributed by atoms with Gasteiger partial charge in [0.25, 0.3) is 7.82 Å². The van der Waals surface area contributed by atoms with Gasteiger partial charge in [-0.25, -0.2) is 0 Å². The van der Waals surface area contributed by atoms with Crippen LogP contribution < -0.4 is 10.2 Å². The molecule has 0 aliphatic carbocycles. The Labute approximate surface area is 468 Å². The first kappa shape index (κ1) is 72.9. The number of unbranched alkanes of at least 4 members (excludes halogenated alkanes) is 25. The van der Waals surface area contributed by atoms with Gasteiger partial charge >= 0.3 is 5.97 Å². The van der Waals surface area contributed by atoms with Gasteiger partial charge < -0.3 is 28.5 Å². The van der Waals surface area contributed by atoms with E-state index in [0.29, 0.717) is 17.4 Å². The molecule has 0 aliphatic heterocycles. The van der Waals surface area contributed by atoms with Crippen molar-refractivity contribution in [2.75, 3.05) is 40.9 Å². The number of carbonyl (C=O) groups excluding carboxylic acids is 2. The number of allylic oxidation sites excluding steroid dienone is 15. The third-order valence-corrected chi connectivity index (χ3v) is 14.2. The van der Waals surface area contributed by atoms with Gasteiger partial charge in [-0.3, -0.25) is 14.2 Å². The first-order valence-electron chi connectivity index (χ1n) is 31.0. The van der Waals surface area contributed by atoms with Gasteiger partial charge in [-0.15, -0.1) is 0 Å². The Balaban J connectivity index is 5.35. The van der Waals surface area contributed by atoms with E-state index >= 15 is 0 Å². The minimum atomic E-state index is -4.72. The molecule has 3 unspecified atom stereocenters. The predicted molar refractivity (Wildman–Crippen MR) is 325 cm³/mol. The van der Waals surface area contributed by atoms with Gasteiger partial charge in [-0.1, -0.05) is 234 Å². The lowest BCUT2D eigenvalue weighted by Gasteiger charge is -2.30. The van der Waals surface area contributed by atoms with Crippen molar-refractivity contribution < 1.29 is 37.3 Å². The van der Waals surface area contributed by atoms with Crippen molar-refractivity contribution in [3.8, 4) is 0 Å². The summed E-state index contributed by atoms with van der Waals surface area (Å²) in [5.41, 5.74) is 0. The van der Waals surface area contributed by atoms with Crippen LogP contribution in [0.2, 0.25) is 0 Å². The molecule has 0 heterocycles. The minimum absolute atomic E-state index is 0.0358. The maximum absolute atomic E-state index is 13.5. The lowest BCUT2D eigenvalue weighted by Crippen LogP contribution is -2.47. The summed E-state index contributed by atoms with van der Waals surface area (Å²) in [6.45, 7) is 6.68. The number of phosphoric ester groups is 1. The quantitative estimate of drug-likeness (QED) is 0.0212. The zero-order valence-electron chi connectivity index (χ0n) is 49.9. The molecule has 1 N–H and O–H groups in total. The first-order chi connectivity index (χ1) is 36.9. The Morgan fingerprint density at radius 1 is 0.474 bits per heavy atom. The number of ether oxygens (including phenoxy) is 1. The summed E-state index contributed by atoms with van der Waals surface area (Å²) in [7, 11) is 1.14. The lowest BCUT2D eigenvalue weighted by atomic mass is 10.0. The van der Waals surface area contributed by atoms with Gasteiger partial charge in [0.15, 0.2) is 0 Å². The molecule has 438 valence electrons. The van der Waals surface area contributed by atoms with Crippen LogP contribution in [-0.4, -0.2) is 69.4 Å². The van der Waals surface area contributed by atoms with Crippen molar-refractivity contribution in [3.63, 3.8) is 0 Å². The molecule has 0 bridgehead atoms. The number of hydrogen-bond acceptors (Lipinski definition) is 7. The number of hydrogen-bond donors (Lipinski definition) is 1. The van der Waals surface area contributed by atoms with E-state index in [4.69, 9.17) is 13.8 Å². The number of quaternary nitrogens is 1. The maximum Gasteiger partial charge on any atom is 0.306 e. The fraction of sp³-hybridized carbons (Fsp3) is 0.727. The molecule has 0 fully saturated rings. The van der Waals surface area contributed by atoms with Crippen molar-refractivity contribution in [1.82, 2.24) is 5.32 Å². The molecule has 0 aliphatic rings. The molecule has 1 amide bonds. The van der Waals surface area contributed by atoms with E-state index in [1.807, 2.05) is 33.3 Å². The largest absolute Gasteiger partial charge is 0.756 e. The molecule has 76 heavy (non-hydrogen) atoms. The molecule has 0 rings (SSSR count). The molecule has 10 heteroatoms. The van der Waals surface area contributed by atoms with E-state index in [9.17, 15) is 19.0 Å². The molecular weight excluding hydrogens is 964 g/mol. The normalized spacial score (nSPS) is 14.4. The first-order valence-corrected chi connectivity index (χ1v) is 32.5. The molecule has 0 saturated heterocycles. The highest BCUT2D eigenvalue weighted by atomic mass is 31.2. The summed E-state index contributed by atoms with van der Waals surface area (Å²) in [5.74, 6) is -0.599. The van der Waals surface area contributed by atoms with Crippen LogP contribution in [0.25, 0.3) is 0 Å². The second-order valence-electron chi connectivity index (χ2n) is 21.8. The summed E-state index contributed by atoms with van der Waals surface area (Å²) in [6.07, 6.45) is 73.8. The number of carbonyl (C=O) groups is 2. The van der Waals surface area contributed by atoms with Crippen LogP contribution in [-0.2, 0) is 27.9 Å². The van der Waals surface area contributed by atoms with Crippen molar-refractivity contribution >= 4 is 19.7 Å². The van der Waals surface area contributed by atoms with E-state index in [-0.39, 0.29) is 31.3 Å². The van der Waals surface area contributed by atoms with Gasteiger partial charge in [0.05, 0.1) is 33.8 Å². The third kappa shape index (κ3) is 55.7. The maximum atomic E-state index is 13.5. The molecule has 0 saturated carbocycles. The second-order valence-corrected chi connectivity index (χ2v) is 23.2.